The average Bonchev–Trinajstić information content (AvgIpc) is 3.04. The van der Waals surface area contributed by atoms with Crippen LogP contribution in [0.3, 0.4) is 0 Å². The summed E-state index contributed by atoms with van der Waals surface area (Å²) in [6.45, 7) is 2.04. The van der Waals surface area contributed by atoms with Gasteiger partial charge in [0, 0.05) is 20.3 Å². The van der Waals surface area contributed by atoms with Crippen molar-refractivity contribution in [2.24, 2.45) is 0 Å². The van der Waals surface area contributed by atoms with Crippen LogP contribution in [0.2, 0.25) is 0 Å². The van der Waals surface area contributed by atoms with Crippen LogP contribution in [-0.4, -0.2) is 51.9 Å². The van der Waals surface area contributed by atoms with Crippen LogP contribution in [0.25, 0.3) is 22.9 Å². The van der Waals surface area contributed by atoms with Gasteiger partial charge in [-0.1, -0.05) is 37.3 Å². The van der Waals surface area contributed by atoms with Crippen LogP contribution in [-0.2, 0) is 11.2 Å². The van der Waals surface area contributed by atoms with Gasteiger partial charge in [0.05, 0.1) is 18.4 Å². The van der Waals surface area contributed by atoms with Crippen LogP contribution < -0.4 is 0 Å². The Morgan fingerprint density at radius 3 is 2.58 bits per heavy atom. The van der Waals surface area contributed by atoms with Gasteiger partial charge in [-0.3, -0.25) is 0 Å². The van der Waals surface area contributed by atoms with Crippen molar-refractivity contribution in [3.05, 3.63) is 53.6 Å². The predicted octanol–water partition coefficient (Wildman–Crippen LogP) is 2.67. The Kier molecular flexibility index (Phi) is 4.97. The standard InChI is InChI=1S/C19H21N5O2/c1-5-14-16(13-9-7-6-8-10-13)18-21-20-17(19(25)26-4)15(24(18)22-14)11-12-23(2)3/h6-12H,5H2,1-4H3/b12-11+. The molecule has 3 aromatic rings. The number of carbonyl (C=O) groups excluding carboxylic acids is 1. The van der Waals surface area contributed by atoms with E-state index in [-0.39, 0.29) is 5.69 Å². The Hall–Kier alpha value is -3.22. The largest absolute Gasteiger partial charge is 0.464 e. The molecule has 7 heteroatoms. The number of benzene rings is 1. The van der Waals surface area contributed by atoms with E-state index in [9.17, 15) is 4.79 Å². The second-order valence-corrected chi connectivity index (χ2v) is 5.98. The van der Waals surface area contributed by atoms with Crippen molar-refractivity contribution >= 4 is 17.7 Å². The molecule has 0 N–H and O–H groups in total. The van der Waals surface area contributed by atoms with Crippen molar-refractivity contribution in [2.45, 2.75) is 13.3 Å². The van der Waals surface area contributed by atoms with Gasteiger partial charge in [-0.15, -0.1) is 10.2 Å². The maximum absolute atomic E-state index is 12.1. The number of hydrogen-bond acceptors (Lipinski definition) is 6. The zero-order valence-corrected chi connectivity index (χ0v) is 15.3. The van der Waals surface area contributed by atoms with E-state index in [1.54, 1.807) is 10.6 Å². The van der Waals surface area contributed by atoms with Crippen LogP contribution in [0.5, 0.6) is 0 Å². The fraction of sp³-hybridized carbons (Fsp3) is 0.263. The van der Waals surface area contributed by atoms with E-state index in [1.165, 1.54) is 7.11 Å². The zero-order chi connectivity index (χ0) is 18.7. The number of aryl methyl sites for hydroxylation is 1. The highest BCUT2D eigenvalue weighted by atomic mass is 16.5. The maximum Gasteiger partial charge on any atom is 0.360 e. The third kappa shape index (κ3) is 3.15. The normalized spacial score (nSPS) is 11.2. The van der Waals surface area contributed by atoms with Gasteiger partial charge in [0.1, 0.15) is 5.69 Å². The van der Waals surface area contributed by atoms with Crippen LogP contribution in [0.4, 0.5) is 0 Å². The first-order valence-electron chi connectivity index (χ1n) is 8.33. The van der Waals surface area contributed by atoms with Crippen LogP contribution >= 0.6 is 0 Å². The van der Waals surface area contributed by atoms with Crippen LogP contribution in [0.1, 0.15) is 28.8 Å². The van der Waals surface area contributed by atoms with Crippen LogP contribution in [0.15, 0.2) is 36.5 Å². The van der Waals surface area contributed by atoms with E-state index >= 15 is 0 Å². The Morgan fingerprint density at radius 2 is 1.96 bits per heavy atom. The average molecular weight is 351 g/mol. The molecule has 3 rings (SSSR count). The Bertz CT molecular complexity index is 961. The van der Waals surface area contributed by atoms with Crippen molar-refractivity contribution in [3.63, 3.8) is 0 Å². The minimum absolute atomic E-state index is 0.128. The summed E-state index contributed by atoms with van der Waals surface area (Å²) in [5.41, 5.74) is 4.11. The number of rotatable bonds is 5. The van der Waals surface area contributed by atoms with Gasteiger partial charge in [0.15, 0.2) is 11.3 Å². The molecule has 0 fully saturated rings. The lowest BCUT2D eigenvalue weighted by Crippen LogP contribution is -2.13. The van der Waals surface area contributed by atoms with Gasteiger partial charge >= 0.3 is 5.97 Å². The minimum Gasteiger partial charge on any atom is -0.464 e. The molecule has 0 aliphatic carbocycles. The van der Waals surface area contributed by atoms with E-state index < -0.39 is 5.97 Å². The molecule has 0 spiro atoms. The number of ether oxygens (including phenoxy) is 1. The highest BCUT2D eigenvalue weighted by molar-refractivity contribution is 5.91. The van der Waals surface area contributed by atoms with Gasteiger partial charge in [0.25, 0.3) is 0 Å². The molecule has 2 aromatic heterocycles. The maximum atomic E-state index is 12.1. The topological polar surface area (TPSA) is 72.6 Å². The third-order valence-corrected chi connectivity index (χ3v) is 3.96. The molecular formula is C19H21N5O2. The van der Waals surface area contributed by atoms with Gasteiger partial charge in [-0.25, -0.2) is 9.31 Å². The van der Waals surface area contributed by atoms with Gasteiger partial charge in [0.2, 0.25) is 0 Å². The molecule has 0 amide bonds. The number of carbonyl (C=O) groups is 1. The quantitative estimate of drug-likeness (QED) is 0.658. The van der Waals surface area contributed by atoms with Crippen molar-refractivity contribution in [1.82, 2.24) is 24.7 Å². The van der Waals surface area contributed by atoms with Crippen molar-refractivity contribution in [2.75, 3.05) is 21.2 Å². The number of hydrogen-bond donors (Lipinski definition) is 0. The molecule has 0 atom stereocenters. The first-order chi connectivity index (χ1) is 12.6. The van der Waals surface area contributed by atoms with E-state index in [0.29, 0.717) is 11.3 Å². The van der Waals surface area contributed by atoms with Gasteiger partial charge in [-0.05, 0) is 18.1 Å². The smallest absolute Gasteiger partial charge is 0.360 e. The second kappa shape index (κ2) is 7.35. The molecule has 0 saturated heterocycles. The first-order valence-corrected chi connectivity index (χ1v) is 8.33. The molecule has 2 heterocycles. The summed E-state index contributed by atoms with van der Waals surface area (Å²) >= 11 is 0. The summed E-state index contributed by atoms with van der Waals surface area (Å²) in [7, 11) is 5.12. The van der Waals surface area contributed by atoms with E-state index in [2.05, 4.69) is 10.2 Å². The summed E-state index contributed by atoms with van der Waals surface area (Å²) in [5, 5.41) is 13.1. The van der Waals surface area contributed by atoms with E-state index in [0.717, 1.165) is 23.2 Å². The Balaban J connectivity index is 2.33. The van der Waals surface area contributed by atoms with Crippen molar-refractivity contribution in [3.8, 4) is 11.1 Å². The minimum atomic E-state index is -0.549. The number of esters is 1. The number of aromatic nitrogens is 4. The van der Waals surface area contributed by atoms with E-state index in [4.69, 9.17) is 9.84 Å². The molecule has 1 aromatic carbocycles. The molecule has 26 heavy (non-hydrogen) atoms. The first kappa shape index (κ1) is 17.6. The molecule has 7 nitrogen and oxygen atoms in total. The molecular weight excluding hydrogens is 330 g/mol. The van der Waals surface area contributed by atoms with Crippen LogP contribution in [0, 0.1) is 0 Å². The fourth-order valence-electron chi connectivity index (χ4n) is 2.72. The fourth-order valence-corrected chi connectivity index (χ4v) is 2.72. The lowest BCUT2D eigenvalue weighted by Gasteiger charge is -2.07. The monoisotopic (exact) mass is 351 g/mol. The number of fused-ring (bicyclic) bond motifs is 1. The number of methoxy groups -OCH3 is 1. The molecule has 0 saturated carbocycles. The molecule has 134 valence electrons. The van der Waals surface area contributed by atoms with Gasteiger partial charge < -0.3 is 9.64 Å². The Labute approximate surface area is 151 Å². The lowest BCUT2D eigenvalue weighted by molar-refractivity contribution is 0.0591. The Morgan fingerprint density at radius 1 is 1.23 bits per heavy atom. The second-order valence-electron chi connectivity index (χ2n) is 5.98. The van der Waals surface area contributed by atoms with Crippen molar-refractivity contribution < 1.29 is 9.53 Å². The lowest BCUT2D eigenvalue weighted by atomic mass is 10.0. The summed E-state index contributed by atoms with van der Waals surface area (Å²) < 4.78 is 6.52. The highest BCUT2D eigenvalue weighted by Crippen LogP contribution is 2.28. The molecule has 0 aliphatic rings. The van der Waals surface area contributed by atoms with Crippen molar-refractivity contribution in [1.29, 1.82) is 0 Å². The highest BCUT2D eigenvalue weighted by Gasteiger charge is 2.22. The van der Waals surface area contributed by atoms with Gasteiger partial charge in [-0.2, -0.15) is 5.10 Å². The molecule has 0 unspecified atom stereocenters. The summed E-state index contributed by atoms with van der Waals surface area (Å²) in [6.07, 6.45) is 4.35. The predicted molar refractivity (Wildman–Crippen MR) is 99.7 cm³/mol. The third-order valence-electron chi connectivity index (χ3n) is 3.96. The molecule has 0 radical (unpaired) electrons. The summed E-state index contributed by atoms with van der Waals surface area (Å²) in [6, 6.07) is 9.94. The summed E-state index contributed by atoms with van der Waals surface area (Å²) in [4.78, 5) is 14.0. The summed E-state index contributed by atoms with van der Waals surface area (Å²) in [5.74, 6) is -0.549. The SMILES string of the molecule is CCc1nn2c(/C=C/N(C)C)c(C(=O)OC)nnc2c1-c1ccccc1. The zero-order valence-electron chi connectivity index (χ0n) is 15.3. The molecule has 0 bridgehead atoms. The van der Waals surface area contributed by atoms with E-state index in [1.807, 2.05) is 62.5 Å². The molecule has 0 aliphatic heterocycles. The number of nitrogens with zero attached hydrogens (tertiary/aromatic N) is 5.